The lowest BCUT2D eigenvalue weighted by Gasteiger charge is -2.34. The molecule has 48 heavy (non-hydrogen) atoms. The van der Waals surface area contributed by atoms with Crippen molar-refractivity contribution in [3.63, 3.8) is 0 Å². The number of unbranched alkanes of at least 4 members (excludes halogenated alkanes) is 2. The molecule has 0 N–H and O–H groups in total. The molecule has 0 spiro atoms. The molecule has 0 aliphatic carbocycles. The number of carbonyl (C=O) groups is 2. The van der Waals surface area contributed by atoms with Gasteiger partial charge in [0.05, 0.1) is 43.6 Å². The Morgan fingerprint density at radius 3 is 2.54 bits per heavy atom. The minimum Gasteiger partial charge on any atom is -0.497 e. The van der Waals surface area contributed by atoms with E-state index < -0.39 is 0 Å². The average molecular weight is 651 g/mol. The maximum Gasteiger partial charge on any atom is 0.274 e. The molecular formula is C37H42N6O5. The number of amides is 2. The molecule has 7 rings (SSSR count). The number of imidazole rings is 1. The maximum absolute atomic E-state index is 13.7. The first-order chi connectivity index (χ1) is 23.5. The number of pyridine rings is 1. The zero-order valence-corrected chi connectivity index (χ0v) is 27.6. The summed E-state index contributed by atoms with van der Waals surface area (Å²) in [5.74, 6) is 2.67. The monoisotopic (exact) mass is 650 g/mol. The Morgan fingerprint density at radius 1 is 0.917 bits per heavy atom. The van der Waals surface area contributed by atoms with Gasteiger partial charge in [-0.05, 0) is 81.1 Å². The van der Waals surface area contributed by atoms with Crippen LogP contribution in [0.15, 0.2) is 65.8 Å². The van der Waals surface area contributed by atoms with Gasteiger partial charge in [0.1, 0.15) is 11.6 Å². The smallest absolute Gasteiger partial charge is 0.274 e. The van der Waals surface area contributed by atoms with Gasteiger partial charge in [-0.15, -0.1) is 0 Å². The summed E-state index contributed by atoms with van der Waals surface area (Å²) in [6.07, 6.45) is 8.77. The summed E-state index contributed by atoms with van der Waals surface area (Å²) in [5.41, 5.74) is 3.43. The SMILES string of the molecule is COc1ccc(-c2nc(C(=O)N3CCN(CCCCCOc4cc5c(cc4OC)C(=O)N4CCC[C@H]4C=N5)CC3)c3ccccn23)cc1. The predicted molar refractivity (Wildman–Crippen MR) is 184 cm³/mol. The summed E-state index contributed by atoms with van der Waals surface area (Å²) in [4.78, 5) is 42.5. The molecule has 5 heterocycles. The summed E-state index contributed by atoms with van der Waals surface area (Å²) in [6, 6.07) is 17.3. The molecule has 0 radical (unpaired) electrons. The number of fused-ring (bicyclic) bond motifs is 3. The molecule has 0 saturated carbocycles. The molecule has 0 bridgehead atoms. The van der Waals surface area contributed by atoms with E-state index in [-0.39, 0.29) is 17.9 Å². The van der Waals surface area contributed by atoms with Crippen molar-refractivity contribution >= 4 is 29.2 Å². The second-order valence-electron chi connectivity index (χ2n) is 12.5. The van der Waals surface area contributed by atoms with E-state index >= 15 is 0 Å². The third kappa shape index (κ3) is 6.34. The summed E-state index contributed by atoms with van der Waals surface area (Å²) in [5, 5.41) is 0. The summed E-state index contributed by atoms with van der Waals surface area (Å²) in [6.45, 7) is 5.32. The number of hydrogen-bond donors (Lipinski definition) is 0. The fourth-order valence-electron chi connectivity index (χ4n) is 6.88. The molecule has 11 nitrogen and oxygen atoms in total. The molecule has 250 valence electrons. The van der Waals surface area contributed by atoms with Crippen LogP contribution in [-0.2, 0) is 0 Å². The number of aromatic nitrogens is 2. The Balaban J connectivity index is 0.883. The molecule has 11 heteroatoms. The minimum atomic E-state index is -0.0288. The van der Waals surface area contributed by atoms with Crippen LogP contribution < -0.4 is 14.2 Å². The largest absolute Gasteiger partial charge is 0.497 e. The van der Waals surface area contributed by atoms with E-state index in [1.165, 1.54) is 0 Å². The molecule has 2 aromatic carbocycles. The highest BCUT2D eigenvalue weighted by Crippen LogP contribution is 2.38. The highest BCUT2D eigenvalue weighted by atomic mass is 16.5. The van der Waals surface area contributed by atoms with Crippen LogP contribution in [0.4, 0.5) is 5.69 Å². The van der Waals surface area contributed by atoms with Gasteiger partial charge in [0.2, 0.25) is 0 Å². The summed E-state index contributed by atoms with van der Waals surface area (Å²) >= 11 is 0. The Labute approximate surface area is 280 Å². The van der Waals surface area contributed by atoms with Gasteiger partial charge < -0.3 is 24.0 Å². The summed E-state index contributed by atoms with van der Waals surface area (Å²) in [7, 11) is 3.24. The molecule has 2 saturated heterocycles. The third-order valence-corrected chi connectivity index (χ3v) is 9.59. The lowest BCUT2D eigenvalue weighted by atomic mass is 10.1. The van der Waals surface area contributed by atoms with Crippen LogP contribution in [0.3, 0.4) is 0 Å². The van der Waals surface area contributed by atoms with Gasteiger partial charge >= 0.3 is 0 Å². The number of piperazine rings is 1. The number of benzene rings is 2. The van der Waals surface area contributed by atoms with Crippen LogP contribution >= 0.6 is 0 Å². The van der Waals surface area contributed by atoms with Gasteiger partial charge in [0.15, 0.2) is 17.2 Å². The molecule has 2 amide bonds. The molecule has 3 aliphatic rings. The van der Waals surface area contributed by atoms with Crippen molar-refractivity contribution in [2.45, 2.75) is 38.1 Å². The lowest BCUT2D eigenvalue weighted by molar-refractivity contribution is 0.0631. The number of nitrogens with zero attached hydrogens (tertiary/aromatic N) is 6. The molecule has 4 aromatic rings. The van der Waals surface area contributed by atoms with Gasteiger partial charge in [-0.3, -0.25) is 23.9 Å². The van der Waals surface area contributed by atoms with Gasteiger partial charge in [-0.25, -0.2) is 4.98 Å². The normalized spacial score (nSPS) is 17.7. The second kappa shape index (κ2) is 14.1. The standard InChI is InChI=1S/C37H42N6O5/c1-46-28-13-11-26(12-14-28)35-39-34(31-10-4-6-16-43(31)35)37(45)41-20-18-40(19-21-41)15-5-3-7-22-48-33-24-30-29(23-32(33)47-2)36(44)42-17-8-9-27(42)25-38-30/h4,6,10-14,16,23-25,27H,3,5,7-9,15,17-22H2,1-2H3/t27-/m0/s1. The van der Waals surface area contributed by atoms with Crippen molar-refractivity contribution in [3.05, 3.63) is 72.1 Å². The van der Waals surface area contributed by atoms with E-state index in [1.54, 1.807) is 20.3 Å². The number of aliphatic imine (C=N–C) groups is 1. The van der Waals surface area contributed by atoms with Gasteiger partial charge in [-0.2, -0.15) is 0 Å². The van der Waals surface area contributed by atoms with E-state index in [0.717, 1.165) is 80.9 Å². The van der Waals surface area contributed by atoms with Crippen LogP contribution in [0, 0.1) is 0 Å². The third-order valence-electron chi connectivity index (χ3n) is 9.59. The summed E-state index contributed by atoms with van der Waals surface area (Å²) < 4.78 is 19.0. The van der Waals surface area contributed by atoms with Crippen molar-refractivity contribution in [2.24, 2.45) is 4.99 Å². The van der Waals surface area contributed by atoms with E-state index in [0.29, 0.717) is 48.1 Å². The molecule has 0 unspecified atom stereocenters. The van der Waals surface area contributed by atoms with Crippen LogP contribution in [0.5, 0.6) is 17.2 Å². The Kier molecular flexibility index (Phi) is 9.29. The topological polar surface area (TPSA) is 101 Å². The predicted octanol–water partition coefficient (Wildman–Crippen LogP) is 5.35. The Hall–Kier alpha value is -4.90. The number of methoxy groups -OCH3 is 2. The first-order valence-electron chi connectivity index (χ1n) is 16.9. The van der Waals surface area contributed by atoms with Crippen LogP contribution in [0.2, 0.25) is 0 Å². The van der Waals surface area contributed by atoms with Crippen LogP contribution in [-0.4, -0.2) is 108 Å². The highest BCUT2D eigenvalue weighted by molar-refractivity contribution is 6.03. The zero-order valence-electron chi connectivity index (χ0n) is 27.6. The number of hydrogen-bond acceptors (Lipinski definition) is 8. The van der Waals surface area contributed by atoms with Crippen molar-refractivity contribution in [1.82, 2.24) is 24.1 Å². The van der Waals surface area contributed by atoms with Crippen molar-refractivity contribution in [1.29, 1.82) is 0 Å². The fourth-order valence-corrected chi connectivity index (χ4v) is 6.88. The number of rotatable bonds is 11. The first-order valence-corrected chi connectivity index (χ1v) is 16.9. The van der Waals surface area contributed by atoms with E-state index in [1.807, 2.05) is 75.1 Å². The molecule has 3 aliphatic heterocycles. The van der Waals surface area contributed by atoms with E-state index in [4.69, 9.17) is 19.2 Å². The van der Waals surface area contributed by atoms with Crippen LogP contribution in [0.25, 0.3) is 16.9 Å². The molecule has 2 fully saturated rings. The number of ether oxygens (including phenoxy) is 3. The highest BCUT2D eigenvalue weighted by Gasteiger charge is 2.32. The minimum absolute atomic E-state index is 0.00837. The maximum atomic E-state index is 13.7. The lowest BCUT2D eigenvalue weighted by Crippen LogP contribution is -2.49. The average Bonchev–Trinajstić information content (AvgIpc) is 3.74. The van der Waals surface area contributed by atoms with E-state index in [2.05, 4.69) is 9.89 Å². The van der Waals surface area contributed by atoms with Gasteiger partial charge in [0.25, 0.3) is 11.8 Å². The van der Waals surface area contributed by atoms with Gasteiger partial charge in [-0.1, -0.05) is 6.07 Å². The Morgan fingerprint density at radius 2 is 1.75 bits per heavy atom. The number of carbonyl (C=O) groups excluding carboxylic acids is 2. The van der Waals surface area contributed by atoms with E-state index in [9.17, 15) is 9.59 Å². The van der Waals surface area contributed by atoms with Crippen molar-refractivity contribution < 1.29 is 23.8 Å². The molecular weight excluding hydrogens is 608 g/mol. The van der Waals surface area contributed by atoms with Crippen molar-refractivity contribution in [2.75, 3.05) is 60.1 Å². The van der Waals surface area contributed by atoms with Crippen molar-refractivity contribution in [3.8, 4) is 28.6 Å². The second-order valence-corrected chi connectivity index (χ2v) is 12.5. The fraction of sp³-hybridized carbons (Fsp3) is 0.405. The zero-order chi connectivity index (χ0) is 33.0. The first kappa shape index (κ1) is 31.7. The molecule has 1 atom stereocenters. The van der Waals surface area contributed by atoms with Gasteiger partial charge in [0, 0.05) is 56.8 Å². The Bertz CT molecular complexity index is 1810. The quantitative estimate of drug-likeness (QED) is 0.202. The van der Waals surface area contributed by atoms with Crippen LogP contribution in [0.1, 0.15) is 53.0 Å². The molecule has 2 aromatic heterocycles.